The molecule has 2 unspecified atom stereocenters. The van der Waals surface area contributed by atoms with Crippen LogP contribution in [0.15, 0.2) is 0 Å². The van der Waals surface area contributed by atoms with E-state index in [0.29, 0.717) is 44.5 Å². The molecule has 2 saturated heterocycles. The van der Waals surface area contributed by atoms with Gasteiger partial charge in [-0.3, -0.25) is 9.69 Å². The van der Waals surface area contributed by atoms with Crippen LogP contribution >= 0.6 is 0 Å². The van der Waals surface area contributed by atoms with E-state index in [-0.39, 0.29) is 6.10 Å². The Kier molecular flexibility index (Phi) is 3.72. The van der Waals surface area contributed by atoms with Crippen molar-refractivity contribution in [3.8, 4) is 0 Å². The molecule has 0 spiro atoms. The van der Waals surface area contributed by atoms with Crippen LogP contribution in [0.3, 0.4) is 0 Å². The Balaban J connectivity index is 1.80. The van der Waals surface area contributed by atoms with Crippen LogP contribution in [-0.2, 0) is 14.3 Å². The molecule has 0 aromatic rings. The van der Waals surface area contributed by atoms with Crippen LogP contribution in [0.5, 0.6) is 0 Å². The maximum Gasteiger partial charge on any atom is 0.135 e. The molecule has 0 radical (unpaired) electrons. The number of rotatable bonds is 2. The van der Waals surface area contributed by atoms with E-state index in [1.165, 1.54) is 0 Å². The molecule has 0 aliphatic carbocycles. The van der Waals surface area contributed by atoms with E-state index >= 15 is 0 Å². The molecule has 86 valence electrons. The fourth-order valence-corrected chi connectivity index (χ4v) is 2.22. The lowest BCUT2D eigenvalue weighted by Crippen LogP contribution is -2.47. The van der Waals surface area contributed by atoms with Crippen molar-refractivity contribution < 1.29 is 14.3 Å². The third-order valence-corrected chi connectivity index (χ3v) is 3.15. The topological polar surface area (TPSA) is 38.8 Å². The Hall–Kier alpha value is -0.450. The van der Waals surface area contributed by atoms with Gasteiger partial charge in [0.2, 0.25) is 0 Å². The number of hydrogen-bond acceptors (Lipinski definition) is 4. The summed E-state index contributed by atoms with van der Waals surface area (Å²) in [6.07, 6.45) is 1.57. The smallest absolute Gasteiger partial charge is 0.135 e. The minimum Gasteiger partial charge on any atom is -0.376 e. The molecular weight excluding hydrogens is 194 g/mol. The van der Waals surface area contributed by atoms with E-state index in [2.05, 4.69) is 11.8 Å². The lowest BCUT2D eigenvalue weighted by molar-refractivity contribution is -0.126. The standard InChI is InChI=1S/C11H19NO3/c1-9-6-10(13)2-3-12(9)7-11-8-14-4-5-15-11/h9,11H,2-8H2,1H3. The Morgan fingerprint density at radius 2 is 2.33 bits per heavy atom. The lowest BCUT2D eigenvalue weighted by Gasteiger charge is -2.36. The third-order valence-electron chi connectivity index (χ3n) is 3.15. The highest BCUT2D eigenvalue weighted by Gasteiger charge is 2.26. The van der Waals surface area contributed by atoms with Gasteiger partial charge < -0.3 is 9.47 Å². The van der Waals surface area contributed by atoms with Gasteiger partial charge in [-0.25, -0.2) is 0 Å². The van der Waals surface area contributed by atoms with Crippen molar-refractivity contribution in [2.75, 3.05) is 32.9 Å². The average molecular weight is 213 g/mol. The average Bonchev–Trinajstić information content (AvgIpc) is 2.24. The van der Waals surface area contributed by atoms with Crippen LogP contribution in [0.1, 0.15) is 19.8 Å². The number of carbonyl (C=O) groups excluding carboxylic acids is 1. The SMILES string of the molecule is CC1CC(=O)CCN1CC1COCCO1. The number of likely N-dealkylation sites (tertiary alicyclic amines) is 1. The fourth-order valence-electron chi connectivity index (χ4n) is 2.22. The fraction of sp³-hybridized carbons (Fsp3) is 0.909. The molecule has 0 aromatic heterocycles. The largest absolute Gasteiger partial charge is 0.376 e. The van der Waals surface area contributed by atoms with Gasteiger partial charge in [-0.1, -0.05) is 0 Å². The number of hydrogen-bond donors (Lipinski definition) is 0. The van der Waals surface area contributed by atoms with Crippen molar-refractivity contribution in [1.29, 1.82) is 0 Å². The monoisotopic (exact) mass is 213 g/mol. The van der Waals surface area contributed by atoms with Crippen LogP contribution in [-0.4, -0.2) is 55.7 Å². The number of piperidine rings is 1. The Morgan fingerprint density at radius 1 is 1.47 bits per heavy atom. The third kappa shape index (κ3) is 3.00. The van der Waals surface area contributed by atoms with Crippen LogP contribution in [0.25, 0.3) is 0 Å². The van der Waals surface area contributed by atoms with Gasteiger partial charge in [0, 0.05) is 32.0 Å². The molecule has 4 nitrogen and oxygen atoms in total. The molecule has 0 aromatic carbocycles. The minimum atomic E-state index is 0.189. The zero-order valence-electron chi connectivity index (χ0n) is 9.28. The van der Waals surface area contributed by atoms with Crippen molar-refractivity contribution >= 4 is 5.78 Å². The summed E-state index contributed by atoms with van der Waals surface area (Å²) in [5.74, 6) is 0.388. The maximum absolute atomic E-state index is 11.2. The van der Waals surface area contributed by atoms with Crippen LogP contribution in [0, 0.1) is 0 Å². The van der Waals surface area contributed by atoms with Gasteiger partial charge in [0.15, 0.2) is 0 Å². The number of Topliss-reactive ketones (excluding diaryl/α,β-unsaturated/α-hetero) is 1. The highest BCUT2D eigenvalue weighted by Crippen LogP contribution is 2.15. The molecule has 4 heteroatoms. The van der Waals surface area contributed by atoms with Gasteiger partial charge in [-0.2, -0.15) is 0 Å². The Morgan fingerprint density at radius 3 is 3.00 bits per heavy atom. The van der Waals surface area contributed by atoms with E-state index in [1.54, 1.807) is 0 Å². The molecule has 2 atom stereocenters. The van der Waals surface area contributed by atoms with Crippen molar-refractivity contribution in [1.82, 2.24) is 4.90 Å². The van der Waals surface area contributed by atoms with E-state index in [0.717, 1.165) is 13.1 Å². The Bertz CT molecular complexity index is 226. The molecule has 2 fully saturated rings. The number of ether oxygens (including phenoxy) is 2. The second-order valence-electron chi connectivity index (χ2n) is 4.40. The van der Waals surface area contributed by atoms with E-state index in [4.69, 9.17) is 9.47 Å². The molecule has 0 saturated carbocycles. The first-order valence-corrected chi connectivity index (χ1v) is 5.71. The summed E-state index contributed by atoms with van der Waals surface area (Å²) in [5, 5.41) is 0. The quantitative estimate of drug-likeness (QED) is 0.668. The zero-order chi connectivity index (χ0) is 10.7. The van der Waals surface area contributed by atoms with Crippen LogP contribution in [0.2, 0.25) is 0 Å². The summed E-state index contributed by atoms with van der Waals surface area (Å²) in [7, 11) is 0. The normalized spacial score (nSPS) is 34.3. The molecule has 15 heavy (non-hydrogen) atoms. The molecule has 0 amide bonds. The van der Waals surface area contributed by atoms with Crippen LogP contribution in [0.4, 0.5) is 0 Å². The predicted molar refractivity (Wildman–Crippen MR) is 55.8 cm³/mol. The first kappa shape index (κ1) is 11.0. The minimum absolute atomic E-state index is 0.189. The molecule has 0 N–H and O–H groups in total. The summed E-state index contributed by atoms with van der Waals surface area (Å²) in [5.41, 5.74) is 0. The van der Waals surface area contributed by atoms with Crippen LogP contribution < -0.4 is 0 Å². The molecule has 2 heterocycles. The summed E-state index contributed by atoms with van der Waals surface area (Å²) in [6.45, 7) is 5.99. The maximum atomic E-state index is 11.2. The van der Waals surface area contributed by atoms with Crippen molar-refractivity contribution in [3.63, 3.8) is 0 Å². The molecule has 2 rings (SSSR count). The van der Waals surface area contributed by atoms with Gasteiger partial charge in [0.25, 0.3) is 0 Å². The Labute approximate surface area is 90.5 Å². The second kappa shape index (κ2) is 5.05. The second-order valence-corrected chi connectivity index (χ2v) is 4.40. The molecule has 2 aliphatic heterocycles. The van der Waals surface area contributed by atoms with Gasteiger partial charge in [-0.15, -0.1) is 0 Å². The van der Waals surface area contributed by atoms with E-state index in [9.17, 15) is 4.79 Å². The summed E-state index contributed by atoms with van der Waals surface area (Å²) < 4.78 is 11.0. The summed E-state index contributed by atoms with van der Waals surface area (Å²) >= 11 is 0. The highest BCUT2D eigenvalue weighted by atomic mass is 16.6. The summed E-state index contributed by atoms with van der Waals surface area (Å²) in [4.78, 5) is 13.6. The predicted octanol–water partition coefficient (Wildman–Crippen LogP) is 0.455. The zero-order valence-corrected chi connectivity index (χ0v) is 9.28. The van der Waals surface area contributed by atoms with Gasteiger partial charge in [0.05, 0.1) is 25.9 Å². The summed E-state index contributed by atoms with van der Waals surface area (Å²) in [6, 6.07) is 0.358. The van der Waals surface area contributed by atoms with E-state index < -0.39 is 0 Å². The molecule has 2 aliphatic rings. The number of carbonyl (C=O) groups is 1. The molecule has 0 bridgehead atoms. The first-order valence-electron chi connectivity index (χ1n) is 5.71. The number of nitrogens with zero attached hydrogens (tertiary/aromatic N) is 1. The van der Waals surface area contributed by atoms with Crippen molar-refractivity contribution in [2.24, 2.45) is 0 Å². The van der Waals surface area contributed by atoms with Gasteiger partial charge >= 0.3 is 0 Å². The lowest BCUT2D eigenvalue weighted by atomic mass is 10.0. The van der Waals surface area contributed by atoms with Gasteiger partial charge in [-0.05, 0) is 6.92 Å². The van der Waals surface area contributed by atoms with E-state index in [1.807, 2.05) is 0 Å². The highest BCUT2D eigenvalue weighted by molar-refractivity contribution is 5.79. The van der Waals surface area contributed by atoms with Crippen molar-refractivity contribution in [2.45, 2.75) is 31.9 Å². The first-order chi connectivity index (χ1) is 7.25. The van der Waals surface area contributed by atoms with Crippen molar-refractivity contribution in [3.05, 3.63) is 0 Å². The van der Waals surface area contributed by atoms with Gasteiger partial charge in [0.1, 0.15) is 5.78 Å². The number of ketones is 1. The molecular formula is C11H19NO3.